The molecule has 1 aromatic rings. The standard InChI is InChI=1S/C7H10N2O2S/c10-3-1-2-5-4-8-7(12)9-6(5)11/h4,10H,1-3H2,(H2,8,9,11,12). The van der Waals surface area contributed by atoms with Crippen molar-refractivity contribution in [2.75, 3.05) is 6.61 Å². The van der Waals surface area contributed by atoms with Crippen molar-refractivity contribution in [1.29, 1.82) is 0 Å². The molecule has 0 aliphatic heterocycles. The number of hydrogen-bond donors (Lipinski definition) is 3. The molecule has 3 N–H and O–H groups in total. The van der Waals surface area contributed by atoms with Crippen LogP contribution in [0.5, 0.6) is 0 Å². The Kier molecular flexibility index (Phi) is 3.19. The van der Waals surface area contributed by atoms with E-state index in [0.29, 0.717) is 23.2 Å². The third-order valence-corrected chi connectivity index (χ3v) is 1.72. The topological polar surface area (TPSA) is 68.9 Å². The van der Waals surface area contributed by atoms with E-state index in [9.17, 15) is 4.79 Å². The number of aromatic nitrogens is 2. The van der Waals surface area contributed by atoms with Crippen molar-refractivity contribution < 1.29 is 5.11 Å². The van der Waals surface area contributed by atoms with Gasteiger partial charge in [-0.25, -0.2) is 0 Å². The minimum atomic E-state index is -0.174. The first kappa shape index (κ1) is 9.15. The maximum absolute atomic E-state index is 11.1. The Bertz CT molecular complexity index is 355. The highest BCUT2D eigenvalue weighted by Crippen LogP contribution is 1.92. The van der Waals surface area contributed by atoms with Gasteiger partial charge in [0.25, 0.3) is 5.56 Å². The van der Waals surface area contributed by atoms with Gasteiger partial charge in [-0.2, -0.15) is 0 Å². The van der Waals surface area contributed by atoms with Crippen LogP contribution in [-0.2, 0) is 6.42 Å². The lowest BCUT2D eigenvalue weighted by atomic mass is 10.2. The van der Waals surface area contributed by atoms with Crippen LogP contribution < -0.4 is 5.56 Å². The first-order valence-corrected chi connectivity index (χ1v) is 4.06. The van der Waals surface area contributed by atoms with Crippen LogP contribution in [0.1, 0.15) is 12.0 Å². The lowest BCUT2D eigenvalue weighted by Gasteiger charge is -1.96. The van der Waals surface area contributed by atoms with Gasteiger partial charge in [0.05, 0.1) is 0 Å². The maximum atomic E-state index is 11.1. The van der Waals surface area contributed by atoms with Gasteiger partial charge in [0, 0.05) is 18.4 Å². The molecule has 0 unspecified atom stereocenters. The largest absolute Gasteiger partial charge is 0.396 e. The fourth-order valence-electron chi connectivity index (χ4n) is 0.893. The van der Waals surface area contributed by atoms with Crippen LogP contribution in [0, 0.1) is 4.77 Å². The number of hydrogen-bond acceptors (Lipinski definition) is 3. The highest BCUT2D eigenvalue weighted by atomic mass is 32.1. The summed E-state index contributed by atoms with van der Waals surface area (Å²) in [6.45, 7) is 0.0923. The zero-order valence-electron chi connectivity index (χ0n) is 6.46. The van der Waals surface area contributed by atoms with Crippen molar-refractivity contribution in [3.05, 3.63) is 26.9 Å². The Morgan fingerprint density at radius 2 is 2.33 bits per heavy atom. The number of aliphatic hydroxyl groups excluding tert-OH is 1. The van der Waals surface area contributed by atoms with Crippen molar-refractivity contribution in [3.63, 3.8) is 0 Å². The minimum Gasteiger partial charge on any atom is -0.396 e. The fraction of sp³-hybridized carbons (Fsp3) is 0.429. The van der Waals surface area contributed by atoms with E-state index in [0.717, 1.165) is 0 Å². The molecular formula is C7H10N2O2S. The second kappa shape index (κ2) is 4.18. The van der Waals surface area contributed by atoms with E-state index in [-0.39, 0.29) is 12.2 Å². The third kappa shape index (κ3) is 2.28. The van der Waals surface area contributed by atoms with Gasteiger partial charge < -0.3 is 10.1 Å². The summed E-state index contributed by atoms with van der Waals surface area (Å²) < 4.78 is 0.327. The summed E-state index contributed by atoms with van der Waals surface area (Å²) >= 11 is 4.71. The Morgan fingerprint density at radius 3 is 2.92 bits per heavy atom. The molecule has 0 bridgehead atoms. The van der Waals surface area contributed by atoms with Gasteiger partial charge in [-0.15, -0.1) is 0 Å². The smallest absolute Gasteiger partial charge is 0.254 e. The molecule has 0 fully saturated rings. The summed E-state index contributed by atoms with van der Waals surface area (Å²) in [5.74, 6) is 0. The summed E-state index contributed by atoms with van der Waals surface area (Å²) in [7, 11) is 0. The van der Waals surface area contributed by atoms with Crippen LogP contribution in [0.25, 0.3) is 0 Å². The molecule has 5 heteroatoms. The Labute approximate surface area is 74.3 Å². The molecular weight excluding hydrogens is 176 g/mol. The molecule has 1 rings (SSSR count). The highest BCUT2D eigenvalue weighted by molar-refractivity contribution is 7.71. The van der Waals surface area contributed by atoms with Crippen molar-refractivity contribution in [3.8, 4) is 0 Å². The monoisotopic (exact) mass is 186 g/mol. The number of aliphatic hydroxyl groups is 1. The van der Waals surface area contributed by atoms with Gasteiger partial charge in [0.2, 0.25) is 0 Å². The fourth-order valence-corrected chi connectivity index (χ4v) is 1.04. The van der Waals surface area contributed by atoms with Gasteiger partial charge in [0.1, 0.15) is 0 Å². The van der Waals surface area contributed by atoms with Gasteiger partial charge >= 0.3 is 0 Å². The number of aryl methyl sites for hydroxylation is 1. The summed E-state index contributed by atoms with van der Waals surface area (Å²) in [4.78, 5) is 16.3. The van der Waals surface area contributed by atoms with E-state index in [1.54, 1.807) is 6.20 Å². The molecule has 0 aliphatic carbocycles. The van der Waals surface area contributed by atoms with Crippen molar-refractivity contribution in [2.24, 2.45) is 0 Å². The summed E-state index contributed by atoms with van der Waals surface area (Å²) in [6.07, 6.45) is 2.74. The number of aromatic amines is 2. The van der Waals surface area contributed by atoms with E-state index < -0.39 is 0 Å². The molecule has 1 aromatic heterocycles. The van der Waals surface area contributed by atoms with Crippen molar-refractivity contribution in [2.45, 2.75) is 12.8 Å². The number of H-pyrrole nitrogens is 2. The first-order valence-electron chi connectivity index (χ1n) is 3.66. The van der Waals surface area contributed by atoms with E-state index in [4.69, 9.17) is 17.3 Å². The maximum Gasteiger partial charge on any atom is 0.254 e. The zero-order chi connectivity index (χ0) is 8.97. The van der Waals surface area contributed by atoms with Crippen LogP contribution in [-0.4, -0.2) is 21.7 Å². The van der Waals surface area contributed by atoms with Crippen LogP contribution in [0.3, 0.4) is 0 Å². The van der Waals surface area contributed by atoms with Crippen LogP contribution in [0.2, 0.25) is 0 Å². The normalized spacial score (nSPS) is 10.1. The van der Waals surface area contributed by atoms with Crippen LogP contribution >= 0.6 is 12.2 Å². The molecule has 12 heavy (non-hydrogen) atoms. The minimum absolute atomic E-state index is 0.0923. The second-order valence-electron chi connectivity index (χ2n) is 2.42. The molecule has 0 spiro atoms. The van der Waals surface area contributed by atoms with Gasteiger partial charge in [-0.1, -0.05) is 0 Å². The molecule has 0 saturated carbocycles. The predicted molar refractivity (Wildman–Crippen MR) is 47.7 cm³/mol. The summed E-state index contributed by atoms with van der Waals surface area (Å²) in [5.41, 5.74) is 0.449. The average Bonchev–Trinajstić information content (AvgIpc) is 2.03. The molecule has 0 atom stereocenters. The van der Waals surface area contributed by atoms with E-state index in [1.807, 2.05) is 0 Å². The first-order chi connectivity index (χ1) is 5.74. The van der Waals surface area contributed by atoms with E-state index in [2.05, 4.69) is 9.97 Å². The summed E-state index contributed by atoms with van der Waals surface area (Å²) in [5, 5.41) is 8.53. The molecule has 4 nitrogen and oxygen atoms in total. The van der Waals surface area contributed by atoms with Crippen molar-refractivity contribution in [1.82, 2.24) is 9.97 Å². The van der Waals surface area contributed by atoms with Gasteiger partial charge in [0.15, 0.2) is 4.77 Å². The van der Waals surface area contributed by atoms with Crippen LogP contribution in [0.4, 0.5) is 0 Å². The Hall–Kier alpha value is -0.940. The second-order valence-corrected chi connectivity index (χ2v) is 2.83. The lowest BCUT2D eigenvalue weighted by molar-refractivity contribution is 0.288. The molecule has 66 valence electrons. The average molecular weight is 186 g/mol. The van der Waals surface area contributed by atoms with Crippen LogP contribution in [0.15, 0.2) is 11.0 Å². The molecule has 0 aliphatic rings. The Balaban J connectivity index is 2.87. The lowest BCUT2D eigenvalue weighted by Crippen LogP contribution is -2.13. The van der Waals surface area contributed by atoms with E-state index in [1.165, 1.54) is 0 Å². The summed E-state index contributed by atoms with van der Waals surface area (Å²) in [6, 6.07) is 0. The number of nitrogens with one attached hydrogen (secondary N) is 2. The molecule has 0 aromatic carbocycles. The SMILES string of the molecule is O=c1[nH]c(=S)[nH]cc1CCCO. The third-order valence-electron chi connectivity index (χ3n) is 1.50. The molecule has 0 saturated heterocycles. The molecule has 0 amide bonds. The highest BCUT2D eigenvalue weighted by Gasteiger charge is 1.97. The van der Waals surface area contributed by atoms with Gasteiger partial charge in [-0.05, 0) is 25.1 Å². The molecule has 0 radical (unpaired) electrons. The quantitative estimate of drug-likeness (QED) is 0.597. The van der Waals surface area contributed by atoms with Crippen molar-refractivity contribution >= 4 is 12.2 Å². The molecule has 1 heterocycles. The number of rotatable bonds is 3. The predicted octanol–water partition coefficient (Wildman–Crippen LogP) is 0.357. The van der Waals surface area contributed by atoms with E-state index >= 15 is 0 Å². The van der Waals surface area contributed by atoms with Gasteiger partial charge in [-0.3, -0.25) is 9.78 Å². The Morgan fingerprint density at radius 1 is 1.58 bits per heavy atom. The zero-order valence-corrected chi connectivity index (χ0v) is 7.28.